The summed E-state index contributed by atoms with van der Waals surface area (Å²) in [5.41, 5.74) is 9.16. The molecule has 2 N–H and O–H groups in total. The second kappa shape index (κ2) is 4.16. The second-order valence-corrected chi connectivity index (χ2v) is 4.37. The van der Waals surface area contributed by atoms with Crippen molar-refractivity contribution in [3.05, 3.63) is 28.5 Å². The average Bonchev–Trinajstić information content (AvgIpc) is 2.77. The first kappa shape index (κ1) is 10.4. The van der Waals surface area contributed by atoms with Crippen molar-refractivity contribution < 1.29 is 0 Å². The number of imidazole rings is 1. The van der Waals surface area contributed by atoms with E-state index in [4.69, 9.17) is 5.73 Å². The quantitative estimate of drug-likeness (QED) is 0.865. The van der Waals surface area contributed by atoms with Gasteiger partial charge in [0, 0.05) is 18.1 Å². The minimum atomic E-state index is 0.618. The molecule has 80 valence electrons. The van der Waals surface area contributed by atoms with Gasteiger partial charge in [-0.25, -0.2) is 4.98 Å². The summed E-state index contributed by atoms with van der Waals surface area (Å²) in [6, 6.07) is 0. The van der Waals surface area contributed by atoms with Crippen molar-refractivity contribution in [1.82, 2.24) is 9.38 Å². The fourth-order valence-electron chi connectivity index (χ4n) is 1.58. The van der Waals surface area contributed by atoms with E-state index in [1.807, 2.05) is 12.3 Å². The zero-order valence-electron chi connectivity index (χ0n) is 9.03. The molecule has 4 heteroatoms. The van der Waals surface area contributed by atoms with Crippen molar-refractivity contribution in [3.8, 4) is 0 Å². The summed E-state index contributed by atoms with van der Waals surface area (Å²) in [5.74, 6) is 0. The largest absolute Gasteiger partial charge is 0.327 e. The topological polar surface area (TPSA) is 43.3 Å². The summed E-state index contributed by atoms with van der Waals surface area (Å²) in [6.45, 7) is 4.78. The van der Waals surface area contributed by atoms with Crippen LogP contribution in [0.5, 0.6) is 0 Å². The molecule has 0 fully saturated rings. The fraction of sp³-hybridized carbons (Fsp3) is 0.364. The highest BCUT2D eigenvalue weighted by Crippen LogP contribution is 2.19. The maximum absolute atomic E-state index is 5.67. The first-order valence-electron chi connectivity index (χ1n) is 5.08. The van der Waals surface area contributed by atoms with E-state index in [2.05, 4.69) is 28.6 Å². The van der Waals surface area contributed by atoms with Crippen LogP contribution in [0.25, 0.3) is 11.0 Å². The van der Waals surface area contributed by atoms with Gasteiger partial charge < -0.3 is 5.73 Å². The highest BCUT2D eigenvalue weighted by molar-refractivity contribution is 7.15. The predicted octanol–water partition coefficient (Wildman–Crippen LogP) is 2.46. The van der Waals surface area contributed by atoms with E-state index in [0.717, 1.165) is 22.8 Å². The zero-order valence-corrected chi connectivity index (χ0v) is 9.84. The minimum Gasteiger partial charge on any atom is -0.327 e. The Bertz CT molecular complexity index is 487. The van der Waals surface area contributed by atoms with Crippen LogP contribution in [-0.2, 0) is 0 Å². The molecule has 0 unspecified atom stereocenters. The van der Waals surface area contributed by atoms with Crippen LogP contribution in [0.4, 0.5) is 0 Å². The predicted molar refractivity (Wildman–Crippen MR) is 65.1 cm³/mol. The Kier molecular flexibility index (Phi) is 2.88. The van der Waals surface area contributed by atoms with Crippen molar-refractivity contribution in [1.29, 1.82) is 0 Å². The Balaban J connectivity index is 2.54. The van der Waals surface area contributed by atoms with Crippen molar-refractivity contribution >= 4 is 22.4 Å². The Hall–Kier alpha value is -1.13. The van der Waals surface area contributed by atoms with Gasteiger partial charge in [0.25, 0.3) is 0 Å². The highest BCUT2D eigenvalue weighted by Gasteiger charge is 2.07. The molecule has 0 radical (unpaired) electrons. The van der Waals surface area contributed by atoms with E-state index in [1.165, 1.54) is 5.57 Å². The van der Waals surface area contributed by atoms with E-state index < -0.39 is 0 Å². The smallest absolute Gasteiger partial charge is 0.194 e. The van der Waals surface area contributed by atoms with Gasteiger partial charge >= 0.3 is 0 Å². The van der Waals surface area contributed by atoms with Crippen LogP contribution in [0.2, 0.25) is 0 Å². The summed E-state index contributed by atoms with van der Waals surface area (Å²) >= 11 is 1.66. The molecule has 0 bridgehead atoms. The van der Waals surface area contributed by atoms with Gasteiger partial charge in [-0.2, -0.15) is 0 Å². The molecule has 0 spiro atoms. The molecule has 15 heavy (non-hydrogen) atoms. The SMILES string of the molecule is CCC(=Cc1c(C)nc2sccn12)CN. The van der Waals surface area contributed by atoms with Gasteiger partial charge in [-0.05, 0) is 19.4 Å². The molecule has 0 aliphatic rings. The van der Waals surface area contributed by atoms with Crippen LogP contribution in [0.1, 0.15) is 24.7 Å². The van der Waals surface area contributed by atoms with E-state index in [0.29, 0.717) is 6.54 Å². The second-order valence-electron chi connectivity index (χ2n) is 3.50. The molecule has 2 rings (SSSR count). The molecule has 2 heterocycles. The number of nitrogens with two attached hydrogens (primary N) is 1. The number of hydrogen-bond acceptors (Lipinski definition) is 3. The first-order valence-corrected chi connectivity index (χ1v) is 5.96. The Morgan fingerprint density at radius 2 is 2.47 bits per heavy atom. The van der Waals surface area contributed by atoms with Gasteiger partial charge in [0.15, 0.2) is 4.96 Å². The molecule has 0 atom stereocenters. The third kappa shape index (κ3) is 1.82. The molecule has 3 nitrogen and oxygen atoms in total. The van der Waals surface area contributed by atoms with Crippen LogP contribution in [0, 0.1) is 6.92 Å². The van der Waals surface area contributed by atoms with Crippen LogP contribution in [0.3, 0.4) is 0 Å². The van der Waals surface area contributed by atoms with Crippen LogP contribution >= 0.6 is 11.3 Å². The number of fused-ring (bicyclic) bond motifs is 1. The lowest BCUT2D eigenvalue weighted by atomic mass is 10.1. The van der Waals surface area contributed by atoms with Crippen molar-refractivity contribution in [2.24, 2.45) is 5.73 Å². The molecule has 0 saturated heterocycles. The summed E-state index contributed by atoms with van der Waals surface area (Å²) < 4.78 is 2.12. The first-order chi connectivity index (χ1) is 7.26. The molecule has 0 aliphatic carbocycles. The number of aromatic nitrogens is 2. The monoisotopic (exact) mass is 221 g/mol. The lowest BCUT2D eigenvalue weighted by molar-refractivity contribution is 1.01. The van der Waals surface area contributed by atoms with Crippen LogP contribution in [0.15, 0.2) is 17.2 Å². The third-order valence-electron chi connectivity index (χ3n) is 2.54. The molecule has 0 aliphatic heterocycles. The van der Waals surface area contributed by atoms with Gasteiger partial charge in [-0.3, -0.25) is 4.40 Å². The van der Waals surface area contributed by atoms with Crippen LogP contribution in [-0.4, -0.2) is 15.9 Å². The van der Waals surface area contributed by atoms with Crippen molar-refractivity contribution in [3.63, 3.8) is 0 Å². The van der Waals surface area contributed by atoms with Crippen LogP contribution < -0.4 is 5.73 Å². The average molecular weight is 221 g/mol. The van der Waals surface area contributed by atoms with Gasteiger partial charge in [0.1, 0.15) is 0 Å². The fourth-order valence-corrected chi connectivity index (χ4v) is 2.35. The molecule has 2 aromatic heterocycles. The summed E-state index contributed by atoms with van der Waals surface area (Å²) in [7, 11) is 0. The summed E-state index contributed by atoms with van der Waals surface area (Å²) in [5, 5.41) is 2.05. The number of aryl methyl sites for hydroxylation is 1. The van der Waals surface area contributed by atoms with E-state index in [1.54, 1.807) is 11.3 Å². The number of nitrogens with zero attached hydrogens (tertiary/aromatic N) is 2. The molecule has 0 aromatic carbocycles. The summed E-state index contributed by atoms with van der Waals surface area (Å²) in [6.07, 6.45) is 5.20. The molecule has 0 saturated carbocycles. The zero-order chi connectivity index (χ0) is 10.8. The van der Waals surface area contributed by atoms with E-state index in [9.17, 15) is 0 Å². The molecule has 0 amide bonds. The van der Waals surface area contributed by atoms with Crippen molar-refractivity contribution in [2.75, 3.05) is 6.54 Å². The van der Waals surface area contributed by atoms with E-state index in [-0.39, 0.29) is 0 Å². The Morgan fingerprint density at radius 3 is 3.13 bits per heavy atom. The van der Waals surface area contributed by atoms with Gasteiger partial charge in [0.05, 0.1) is 11.4 Å². The lowest BCUT2D eigenvalue weighted by Crippen LogP contribution is -2.02. The minimum absolute atomic E-state index is 0.618. The van der Waals surface area contributed by atoms with Gasteiger partial charge in [0.2, 0.25) is 0 Å². The van der Waals surface area contributed by atoms with Gasteiger partial charge in [-0.15, -0.1) is 11.3 Å². The number of thiazole rings is 1. The highest BCUT2D eigenvalue weighted by atomic mass is 32.1. The standard InChI is InChI=1S/C11H15N3S/c1-3-9(7-12)6-10-8(2)13-11-14(10)4-5-15-11/h4-6H,3,7,12H2,1-2H3. The van der Waals surface area contributed by atoms with Crippen molar-refractivity contribution in [2.45, 2.75) is 20.3 Å². The molecular formula is C11H15N3S. The van der Waals surface area contributed by atoms with E-state index >= 15 is 0 Å². The number of rotatable bonds is 3. The Morgan fingerprint density at radius 1 is 1.67 bits per heavy atom. The third-order valence-corrected chi connectivity index (χ3v) is 3.30. The van der Waals surface area contributed by atoms with Gasteiger partial charge in [-0.1, -0.05) is 12.5 Å². The summed E-state index contributed by atoms with van der Waals surface area (Å²) in [4.78, 5) is 5.54. The molecular weight excluding hydrogens is 206 g/mol. The lowest BCUT2D eigenvalue weighted by Gasteiger charge is -2.00. The maximum atomic E-state index is 5.67. The Labute approximate surface area is 93.2 Å². The molecule has 2 aromatic rings. The maximum Gasteiger partial charge on any atom is 0.194 e. The number of hydrogen-bond donors (Lipinski definition) is 1. The normalized spacial score (nSPS) is 12.6.